The van der Waals surface area contributed by atoms with Crippen LogP contribution in [0.2, 0.25) is 0 Å². The molecular formula is C20H33N3O6. The molecule has 0 aromatic rings. The molecule has 0 spiro atoms. The summed E-state index contributed by atoms with van der Waals surface area (Å²) < 4.78 is 16.1. The summed E-state index contributed by atoms with van der Waals surface area (Å²) in [6, 6.07) is -0.296. The molecule has 0 unspecified atom stereocenters. The number of hydrogen-bond acceptors (Lipinski definition) is 6. The summed E-state index contributed by atoms with van der Waals surface area (Å²) in [6.45, 7) is 8.99. The van der Waals surface area contributed by atoms with Gasteiger partial charge in [0, 0.05) is 39.4 Å². The molecule has 9 heteroatoms. The Hall–Kier alpha value is -1.87. The second kappa shape index (κ2) is 9.30. The molecule has 0 bridgehead atoms. The lowest BCUT2D eigenvalue weighted by molar-refractivity contribution is -0.141. The molecule has 0 aromatic heterocycles. The largest absolute Gasteiger partial charge is 0.444 e. The highest BCUT2D eigenvalue weighted by molar-refractivity contribution is 5.81. The van der Waals surface area contributed by atoms with Gasteiger partial charge in [0.25, 0.3) is 0 Å². The van der Waals surface area contributed by atoms with E-state index in [0.717, 1.165) is 0 Å². The van der Waals surface area contributed by atoms with Gasteiger partial charge in [-0.15, -0.1) is 0 Å². The lowest BCUT2D eigenvalue weighted by Gasteiger charge is -2.42. The zero-order chi connectivity index (χ0) is 21.0. The summed E-state index contributed by atoms with van der Waals surface area (Å²) in [4.78, 5) is 41.3. The number of carbonyl (C=O) groups excluding carboxylic acids is 3. The summed E-state index contributed by atoms with van der Waals surface area (Å²) in [6.07, 6.45) is 1.03. The zero-order valence-corrected chi connectivity index (χ0v) is 17.6. The van der Waals surface area contributed by atoms with E-state index < -0.39 is 11.7 Å². The highest BCUT2D eigenvalue weighted by atomic mass is 16.6. The number of hydrogen-bond donors (Lipinski definition) is 1. The van der Waals surface area contributed by atoms with Crippen molar-refractivity contribution in [1.29, 1.82) is 0 Å². The Morgan fingerprint density at radius 2 is 1.69 bits per heavy atom. The van der Waals surface area contributed by atoms with Crippen LogP contribution in [0.5, 0.6) is 0 Å². The topological polar surface area (TPSA) is 97.4 Å². The highest BCUT2D eigenvalue weighted by Crippen LogP contribution is 2.21. The van der Waals surface area contributed by atoms with Gasteiger partial charge in [-0.2, -0.15) is 0 Å². The van der Waals surface area contributed by atoms with E-state index in [9.17, 15) is 14.4 Å². The number of rotatable bonds is 4. The maximum absolute atomic E-state index is 13.0. The lowest BCUT2D eigenvalue weighted by Crippen LogP contribution is -2.61. The third-order valence-corrected chi connectivity index (χ3v) is 5.51. The molecule has 3 aliphatic heterocycles. The van der Waals surface area contributed by atoms with Crippen LogP contribution >= 0.6 is 0 Å². The van der Waals surface area contributed by atoms with Crippen LogP contribution < -0.4 is 5.32 Å². The van der Waals surface area contributed by atoms with Gasteiger partial charge in [0.15, 0.2) is 0 Å². The lowest BCUT2D eigenvalue weighted by atomic mass is 10.0. The van der Waals surface area contributed by atoms with Gasteiger partial charge in [-0.25, -0.2) is 4.79 Å². The number of ether oxygens (including phenoxy) is 3. The van der Waals surface area contributed by atoms with Crippen LogP contribution in [0.4, 0.5) is 4.79 Å². The van der Waals surface area contributed by atoms with Crippen molar-refractivity contribution in [3.63, 3.8) is 0 Å². The number of piperazine rings is 1. The second-order valence-corrected chi connectivity index (χ2v) is 8.98. The van der Waals surface area contributed by atoms with E-state index in [2.05, 4.69) is 5.32 Å². The fraction of sp³-hybridized carbons (Fsp3) is 0.850. The summed E-state index contributed by atoms with van der Waals surface area (Å²) >= 11 is 0. The molecule has 29 heavy (non-hydrogen) atoms. The maximum Gasteiger partial charge on any atom is 0.410 e. The van der Waals surface area contributed by atoms with Gasteiger partial charge >= 0.3 is 6.09 Å². The molecule has 1 N–H and O–H groups in total. The first-order valence-electron chi connectivity index (χ1n) is 10.5. The van der Waals surface area contributed by atoms with Crippen molar-refractivity contribution in [2.45, 2.75) is 45.3 Å². The summed E-state index contributed by atoms with van der Waals surface area (Å²) in [5.74, 6) is -0.319. The van der Waals surface area contributed by atoms with E-state index in [1.807, 2.05) is 20.8 Å². The summed E-state index contributed by atoms with van der Waals surface area (Å²) in [5, 5.41) is 2.95. The van der Waals surface area contributed by atoms with Crippen LogP contribution in [-0.4, -0.2) is 92.0 Å². The predicted molar refractivity (Wildman–Crippen MR) is 104 cm³/mol. The van der Waals surface area contributed by atoms with Crippen LogP contribution in [0, 0.1) is 11.8 Å². The minimum Gasteiger partial charge on any atom is -0.444 e. The smallest absolute Gasteiger partial charge is 0.410 e. The highest BCUT2D eigenvalue weighted by Gasteiger charge is 2.38. The SMILES string of the molecule is CC(C)(C)OC(=O)N1CCN(C(=O)[C@@H]2CCOC2)[C@@H](CNC(=O)[C@H]2CCOC2)C1. The van der Waals surface area contributed by atoms with Crippen LogP contribution in [0.1, 0.15) is 33.6 Å². The number of nitrogens with one attached hydrogen (secondary N) is 1. The fourth-order valence-corrected chi connectivity index (χ4v) is 3.88. The molecule has 3 amide bonds. The molecule has 3 rings (SSSR count). The van der Waals surface area contributed by atoms with E-state index in [0.29, 0.717) is 65.4 Å². The molecule has 0 aliphatic carbocycles. The Bertz CT molecular complexity index is 608. The van der Waals surface area contributed by atoms with Crippen LogP contribution in [0.3, 0.4) is 0 Å². The molecule has 0 saturated carbocycles. The molecule has 3 saturated heterocycles. The Balaban J connectivity index is 1.64. The molecule has 3 aliphatic rings. The Morgan fingerprint density at radius 1 is 1.03 bits per heavy atom. The Kier molecular flexibility index (Phi) is 7.00. The van der Waals surface area contributed by atoms with Gasteiger partial charge in [0.1, 0.15) is 5.60 Å². The number of amides is 3. The summed E-state index contributed by atoms with van der Waals surface area (Å²) in [5.41, 5.74) is -0.586. The zero-order valence-electron chi connectivity index (χ0n) is 17.6. The molecule has 3 atom stereocenters. The van der Waals surface area contributed by atoms with E-state index >= 15 is 0 Å². The van der Waals surface area contributed by atoms with Gasteiger partial charge in [0.2, 0.25) is 11.8 Å². The number of nitrogens with zero attached hydrogens (tertiary/aromatic N) is 2. The van der Waals surface area contributed by atoms with Crippen molar-refractivity contribution < 1.29 is 28.6 Å². The maximum atomic E-state index is 13.0. The Labute approximate surface area is 172 Å². The van der Waals surface area contributed by atoms with Gasteiger partial charge in [0.05, 0.1) is 31.1 Å². The Morgan fingerprint density at radius 3 is 2.28 bits per heavy atom. The van der Waals surface area contributed by atoms with Crippen molar-refractivity contribution in [1.82, 2.24) is 15.1 Å². The van der Waals surface area contributed by atoms with E-state index in [1.54, 1.807) is 9.80 Å². The van der Waals surface area contributed by atoms with Gasteiger partial charge < -0.3 is 29.3 Å². The monoisotopic (exact) mass is 411 g/mol. The van der Waals surface area contributed by atoms with E-state index in [4.69, 9.17) is 14.2 Å². The van der Waals surface area contributed by atoms with Crippen molar-refractivity contribution in [3.8, 4) is 0 Å². The predicted octanol–water partition coefficient (Wildman–Crippen LogP) is 0.624. The molecule has 3 heterocycles. The third kappa shape index (κ3) is 5.82. The number of carbonyl (C=O) groups is 3. The summed E-state index contributed by atoms with van der Waals surface area (Å²) in [7, 11) is 0. The third-order valence-electron chi connectivity index (χ3n) is 5.51. The van der Waals surface area contributed by atoms with Gasteiger partial charge in [-0.3, -0.25) is 9.59 Å². The van der Waals surface area contributed by atoms with Gasteiger partial charge in [-0.05, 0) is 33.6 Å². The van der Waals surface area contributed by atoms with E-state index in [1.165, 1.54) is 0 Å². The second-order valence-electron chi connectivity index (χ2n) is 8.98. The average Bonchev–Trinajstić information content (AvgIpc) is 3.37. The molecule has 164 valence electrons. The first-order valence-corrected chi connectivity index (χ1v) is 10.5. The molecular weight excluding hydrogens is 378 g/mol. The van der Waals surface area contributed by atoms with Crippen LogP contribution in [0.25, 0.3) is 0 Å². The normalized spacial score (nSPS) is 27.8. The van der Waals surface area contributed by atoms with Crippen molar-refractivity contribution >= 4 is 17.9 Å². The molecule has 9 nitrogen and oxygen atoms in total. The van der Waals surface area contributed by atoms with Crippen molar-refractivity contribution in [2.24, 2.45) is 11.8 Å². The van der Waals surface area contributed by atoms with E-state index in [-0.39, 0.29) is 29.7 Å². The minimum absolute atomic E-state index is 0.0368. The molecule has 0 aromatic carbocycles. The fourth-order valence-electron chi connectivity index (χ4n) is 3.88. The minimum atomic E-state index is -0.586. The van der Waals surface area contributed by atoms with Crippen molar-refractivity contribution in [2.75, 3.05) is 52.6 Å². The first-order chi connectivity index (χ1) is 13.7. The molecule has 3 fully saturated rings. The standard InChI is InChI=1S/C20H33N3O6/c1-20(2,3)29-19(26)22-6-7-23(18(25)15-5-9-28-13-15)16(11-22)10-21-17(24)14-4-8-27-12-14/h14-16H,4-13H2,1-3H3,(H,21,24)/t14-,15+,16-/m0/s1. The average molecular weight is 411 g/mol. The first kappa shape index (κ1) is 21.8. The quantitative estimate of drug-likeness (QED) is 0.729. The van der Waals surface area contributed by atoms with Crippen LogP contribution in [-0.2, 0) is 23.8 Å². The van der Waals surface area contributed by atoms with Crippen LogP contribution in [0.15, 0.2) is 0 Å². The van der Waals surface area contributed by atoms with Crippen molar-refractivity contribution in [3.05, 3.63) is 0 Å². The van der Waals surface area contributed by atoms with Gasteiger partial charge in [-0.1, -0.05) is 0 Å². The molecule has 0 radical (unpaired) electrons.